The summed E-state index contributed by atoms with van der Waals surface area (Å²) in [6.45, 7) is 2.04. The van der Waals surface area contributed by atoms with Crippen LogP contribution >= 0.6 is 22.9 Å². The summed E-state index contributed by atoms with van der Waals surface area (Å²) in [5, 5.41) is -0.629. The zero-order chi connectivity index (χ0) is 12.4. The van der Waals surface area contributed by atoms with Crippen molar-refractivity contribution < 1.29 is 8.78 Å². The van der Waals surface area contributed by atoms with Gasteiger partial charge in [0.05, 0.1) is 5.38 Å². The van der Waals surface area contributed by atoms with Crippen molar-refractivity contribution in [1.82, 2.24) is 0 Å². The summed E-state index contributed by atoms with van der Waals surface area (Å²) in [5.74, 6) is -1.72. The Kier molecular flexibility index (Phi) is 3.79. The molecule has 2 rings (SSSR count). The van der Waals surface area contributed by atoms with Gasteiger partial charge in [0.1, 0.15) is 0 Å². The molecule has 0 N–H and O–H groups in total. The van der Waals surface area contributed by atoms with Crippen molar-refractivity contribution in [1.29, 1.82) is 0 Å². The molecule has 0 saturated heterocycles. The fourth-order valence-corrected chi connectivity index (χ4v) is 2.91. The molecule has 0 bridgehead atoms. The summed E-state index contributed by atoms with van der Waals surface area (Å²) >= 11 is 7.71. The second kappa shape index (κ2) is 5.15. The molecule has 90 valence electrons. The molecule has 0 aliphatic rings. The van der Waals surface area contributed by atoms with E-state index in [4.69, 9.17) is 11.6 Å². The van der Waals surface area contributed by atoms with Gasteiger partial charge in [-0.15, -0.1) is 22.9 Å². The number of hydrogen-bond donors (Lipinski definition) is 0. The number of thiophene rings is 1. The van der Waals surface area contributed by atoms with Crippen molar-refractivity contribution in [3.63, 3.8) is 0 Å². The highest BCUT2D eigenvalue weighted by Crippen LogP contribution is 2.35. The highest BCUT2D eigenvalue weighted by atomic mass is 35.5. The Morgan fingerprint density at radius 2 is 2.00 bits per heavy atom. The molecule has 4 heteroatoms. The number of benzene rings is 1. The van der Waals surface area contributed by atoms with E-state index in [1.807, 2.05) is 19.1 Å². The maximum absolute atomic E-state index is 13.6. The van der Waals surface area contributed by atoms with Crippen LogP contribution in [0.5, 0.6) is 0 Å². The number of rotatable bonds is 3. The van der Waals surface area contributed by atoms with Crippen LogP contribution in [0.1, 0.15) is 27.6 Å². The van der Waals surface area contributed by atoms with Gasteiger partial charge in [-0.3, -0.25) is 0 Å². The van der Waals surface area contributed by atoms with Crippen molar-refractivity contribution in [3.8, 4) is 0 Å². The molecule has 0 aliphatic heterocycles. The third kappa shape index (κ3) is 2.50. The van der Waals surface area contributed by atoms with E-state index in [0.29, 0.717) is 0 Å². The lowest BCUT2D eigenvalue weighted by Gasteiger charge is -2.09. The van der Waals surface area contributed by atoms with Crippen molar-refractivity contribution >= 4 is 22.9 Å². The van der Waals surface area contributed by atoms with Crippen LogP contribution in [-0.4, -0.2) is 0 Å². The van der Waals surface area contributed by atoms with Gasteiger partial charge in [0.25, 0.3) is 0 Å². The number of aryl methyl sites for hydroxylation is 1. The SMILES string of the molecule is CCc1ccc(C(Cl)c2cccc(F)c2F)s1. The largest absolute Gasteiger partial charge is 0.204 e. The summed E-state index contributed by atoms with van der Waals surface area (Å²) in [6.07, 6.45) is 0.917. The molecule has 1 aromatic heterocycles. The van der Waals surface area contributed by atoms with E-state index < -0.39 is 17.0 Å². The molecule has 0 radical (unpaired) electrons. The van der Waals surface area contributed by atoms with Gasteiger partial charge in [-0.1, -0.05) is 19.1 Å². The van der Waals surface area contributed by atoms with E-state index in [2.05, 4.69) is 0 Å². The first kappa shape index (κ1) is 12.5. The predicted molar refractivity (Wildman–Crippen MR) is 67.8 cm³/mol. The van der Waals surface area contributed by atoms with E-state index in [-0.39, 0.29) is 5.56 Å². The fraction of sp³-hybridized carbons (Fsp3) is 0.231. The van der Waals surface area contributed by atoms with Crippen molar-refractivity contribution in [3.05, 3.63) is 57.3 Å². The van der Waals surface area contributed by atoms with Gasteiger partial charge in [-0.2, -0.15) is 0 Å². The lowest BCUT2D eigenvalue weighted by atomic mass is 10.1. The average molecular weight is 273 g/mol. The third-order valence-electron chi connectivity index (χ3n) is 2.54. The Labute approximate surface area is 108 Å². The Morgan fingerprint density at radius 1 is 1.24 bits per heavy atom. The van der Waals surface area contributed by atoms with E-state index in [1.165, 1.54) is 28.3 Å². The Balaban J connectivity index is 2.36. The first-order valence-corrected chi connectivity index (χ1v) is 6.55. The van der Waals surface area contributed by atoms with Crippen LogP contribution in [-0.2, 0) is 6.42 Å². The first-order chi connectivity index (χ1) is 8.13. The van der Waals surface area contributed by atoms with Crippen LogP contribution in [0.2, 0.25) is 0 Å². The first-order valence-electron chi connectivity index (χ1n) is 5.30. The van der Waals surface area contributed by atoms with Gasteiger partial charge >= 0.3 is 0 Å². The van der Waals surface area contributed by atoms with Gasteiger partial charge in [-0.25, -0.2) is 8.78 Å². The smallest absolute Gasteiger partial charge is 0.163 e. The molecular formula is C13H11ClF2S. The van der Waals surface area contributed by atoms with Crippen molar-refractivity contribution in [2.24, 2.45) is 0 Å². The van der Waals surface area contributed by atoms with E-state index in [1.54, 1.807) is 0 Å². The van der Waals surface area contributed by atoms with Crippen molar-refractivity contribution in [2.75, 3.05) is 0 Å². The molecule has 0 nitrogen and oxygen atoms in total. The number of hydrogen-bond acceptors (Lipinski definition) is 1. The molecule has 0 spiro atoms. The van der Waals surface area contributed by atoms with Gasteiger partial charge in [0.2, 0.25) is 0 Å². The fourth-order valence-electron chi connectivity index (χ4n) is 1.59. The summed E-state index contributed by atoms with van der Waals surface area (Å²) < 4.78 is 26.7. The minimum absolute atomic E-state index is 0.191. The molecule has 0 saturated carbocycles. The lowest BCUT2D eigenvalue weighted by Crippen LogP contribution is -1.97. The predicted octanol–water partition coefficient (Wildman–Crippen LogP) is 4.92. The quantitative estimate of drug-likeness (QED) is 0.696. The van der Waals surface area contributed by atoms with Gasteiger partial charge < -0.3 is 0 Å². The number of halogens is 3. The lowest BCUT2D eigenvalue weighted by molar-refractivity contribution is 0.500. The topological polar surface area (TPSA) is 0 Å². The standard InChI is InChI=1S/C13H11ClF2S/c1-2-8-6-7-11(17-8)12(14)9-4-3-5-10(15)13(9)16/h3-7,12H,2H2,1H3. The van der Waals surface area contributed by atoms with Gasteiger partial charge in [0, 0.05) is 15.3 Å². The van der Waals surface area contributed by atoms with E-state index in [0.717, 1.165) is 17.4 Å². The maximum Gasteiger partial charge on any atom is 0.163 e. The van der Waals surface area contributed by atoms with E-state index in [9.17, 15) is 8.78 Å². The average Bonchev–Trinajstić information content (AvgIpc) is 2.80. The van der Waals surface area contributed by atoms with Gasteiger partial charge in [0.15, 0.2) is 11.6 Å². The molecule has 17 heavy (non-hydrogen) atoms. The van der Waals surface area contributed by atoms with Crippen LogP contribution in [0.3, 0.4) is 0 Å². The summed E-state index contributed by atoms with van der Waals surface area (Å²) in [7, 11) is 0. The normalized spacial score (nSPS) is 12.7. The second-order valence-corrected chi connectivity index (χ2v) is 5.30. The van der Waals surface area contributed by atoms with E-state index >= 15 is 0 Å². The van der Waals surface area contributed by atoms with Crippen LogP contribution < -0.4 is 0 Å². The number of alkyl halides is 1. The second-order valence-electron chi connectivity index (χ2n) is 3.66. The third-order valence-corrected chi connectivity index (χ3v) is 4.43. The Morgan fingerprint density at radius 3 is 2.65 bits per heavy atom. The summed E-state index contributed by atoms with van der Waals surface area (Å²) in [4.78, 5) is 2.02. The molecule has 2 aromatic rings. The summed E-state index contributed by atoms with van der Waals surface area (Å²) in [5.41, 5.74) is 0.191. The molecule has 1 unspecified atom stereocenters. The molecule has 0 fully saturated rings. The molecular weight excluding hydrogens is 262 g/mol. The highest BCUT2D eigenvalue weighted by Gasteiger charge is 2.19. The van der Waals surface area contributed by atoms with Crippen LogP contribution in [0, 0.1) is 11.6 Å². The van der Waals surface area contributed by atoms with Crippen LogP contribution in [0.4, 0.5) is 8.78 Å². The zero-order valence-electron chi connectivity index (χ0n) is 9.21. The van der Waals surface area contributed by atoms with Crippen molar-refractivity contribution in [2.45, 2.75) is 18.7 Å². The minimum atomic E-state index is -0.862. The van der Waals surface area contributed by atoms with Crippen LogP contribution in [0.15, 0.2) is 30.3 Å². The van der Waals surface area contributed by atoms with Gasteiger partial charge in [-0.05, 0) is 24.6 Å². The molecule has 0 amide bonds. The zero-order valence-corrected chi connectivity index (χ0v) is 10.8. The summed E-state index contributed by atoms with van der Waals surface area (Å²) in [6, 6.07) is 7.91. The van der Waals surface area contributed by atoms with Crippen LogP contribution in [0.25, 0.3) is 0 Å². The maximum atomic E-state index is 13.6. The minimum Gasteiger partial charge on any atom is -0.204 e. The Bertz CT molecular complexity index is 522. The molecule has 1 atom stereocenters. The highest BCUT2D eigenvalue weighted by molar-refractivity contribution is 7.12. The molecule has 1 heterocycles. The Hall–Kier alpha value is -0.930. The monoisotopic (exact) mass is 272 g/mol. The molecule has 0 aliphatic carbocycles. The molecule has 1 aromatic carbocycles.